The number of rotatable bonds is 11. The molecule has 166 valence electrons. The molecule has 0 fully saturated rings. The predicted octanol–water partition coefficient (Wildman–Crippen LogP) is 4.68. The van der Waals surface area contributed by atoms with Crippen molar-refractivity contribution in [1.82, 2.24) is 0 Å². The zero-order chi connectivity index (χ0) is 22.9. The van der Waals surface area contributed by atoms with Gasteiger partial charge in [0.1, 0.15) is 23.9 Å². The van der Waals surface area contributed by atoms with Crippen LogP contribution in [0.25, 0.3) is 0 Å². The molecule has 0 amide bonds. The van der Waals surface area contributed by atoms with Crippen LogP contribution in [-0.4, -0.2) is 28.8 Å². The van der Waals surface area contributed by atoms with E-state index in [1.807, 2.05) is 18.2 Å². The first-order chi connectivity index (χ1) is 15.4. The maximum Gasteiger partial charge on any atom is 0.341 e. The summed E-state index contributed by atoms with van der Waals surface area (Å²) < 4.78 is 31.0. The molecule has 0 saturated heterocycles. The molecule has 0 heterocycles. The fourth-order valence-corrected chi connectivity index (χ4v) is 2.86. The second kappa shape index (κ2) is 10.8. The highest BCUT2D eigenvalue weighted by Gasteiger charge is 2.10. The van der Waals surface area contributed by atoms with Gasteiger partial charge in [-0.15, -0.1) is 0 Å². The molecule has 3 aromatic carbocycles. The lowest BCUT2D eigenvalue weighted by molar-refractivity contribution is -0.139. The van der Waals surface area contributed by atoms with Gasteiger partial charge in [0.2, 0.25) is 0 Å². The van der Waals surface area contributed by atoms with Gasteiger partial charge in [-0.2, -0.15) is 0 Å². The highest BCUT2D eigenvalue weighted by atomic mass is 19.1. The molecule has 3 rings (SSSR count). The molecular formula is C24H21FO7. The number of carboxylic acids is 2. The predicted molar refractivity (Wildman–Crippen MR) is 113 cm³/mol. The number of benzene rings is 3. The van der Waals surface area contributed by atoms with Crippen LogP contribution in [0.1, 0.15) is 17.5 Å². The molecular weight excluding hydrogens is 419 g/mol. The Morgan fingerprint density at radius 3 is 2.22 bits per heavy atom. The third kappa shape index (κ3) is 7.02. The fraction of sp³-hybridized carbons (Fsp3) is 0.167. The average molecular weight is 440 g/mol. The Bertz CT molecular complexity index is 1080. The van der Waals surface area contributed by atoms with Gasteiger partial charge in [-0.05, 0) is 53.9 Å². The second-order valence-corrected chi connectivity index (χ2v) is 6.86. The highest BCUT2D eigenvalue weighted by molar-refractivity contribution is 5.68. The van der Waals surface area contributed by atoms with E-state index in [1.54, 1.807) is 36.4 Å². The number of aliphatic carboxylic acids is 2. The molecule has 0 bridgehead atoms. The van der Waals surface area contributed by atoms with Crippen molar-refractivity contribution in [3.05, 3.63) is 83.7 Å². The van der Waals surface area contributed by atoms with E-state index in [4.69, 9.17) is 24.4 Å². The van der Waals surface area contributed by atoms with E-state index in [2.05, 4.69) is 0 Å². The number of hydrogen-bond acceptors (Lipinski definition) is 5. The monoisotopic (exact) mass is 440 g/mol. The maximum atomic E-state index is 14.3. The van der Waals surface area contributed by atoms with Crippen LogP contribution >= 0.6 is 0 Å². The van der Waals surface area contributed by atoms with Crippen LogP contribution in [-0.2, 0) is 22.6 Å². The van der Waals surface area contributed by atoms with Gasteiger partial charge in [-0.3, -0.25) is 4.79 Å². The van der Waals surface area contributed by atoms with Gasteiger partial charge in [-0.25, -0.2) is 9.18 Å². The number of hydrogen-bond donors (Lipinski definition) is 2. The fourth-order valence-electron chi connectivity index (χ4n) is 2.86. The molecule has 0 atom stereocenters. The lowest BCUT2D eigenvalue weighted by Gasteiger charge is -2.13. The minimum Gasteiger partial charge on any atom is -0.486 e. The summed E-state index contributed by atoms with van der Waals surface area (Å²) in [5.74, 6) is -1.42. The lowest BCUT2D eigenvalue weighted by atomic mass is 10.1. The van der Waals surface area contributed by atoms with Crippen LogP contribution in [0, 0.1) is 5.82 Å². The Hall–Kier alpha value is -4.07. The van der Waals surface area contributed by atoms with Crippen LogP contribution in [0.2, 0.25) is 0 Å². The number of ether oxygens (including phenoxy) is 3. The van der Waals surface area contributed by atoms with Gasteiger partial charge >= 0.3 is 11.9 Å². The largest absolute Gasteiger partial charge is 0.486 e. The summed E-state index contributed by atoms with van der Waals surface area (Å²) in [5, 5.41) is 17.6. The van der Waals surface area contributed by atoms with Crippen molar-refractivity contribution in [2.45, 2.75) is 19.4 Å². The van der Waals surface area contributed by atoms with Gasteiger partial charge in [0.25, 0.3) is 0 Å². The summed E-state index contributed by atoms with van der Waals surface area (Å²) in [7, 11) is 0. The summed E-state index contributed by atoms with van der Waals surface area (Å²) in [5.41, 5.74) is 1.13. The van der Waals surface area contributed by atoms with Gasteiger partial charge < -0.3 is 24.4 Å². The van der Waals surface area contributed by atoms with E-state index in [0.717, 1.165) is 0 Å². The van der Waals surface area contributed by atoms with E-state index < -0.39 is 24.4 Å². The van der Waals surface area contributed by atoms with Gasteiger partial charge in [0.15, 0.2) is 18.2 Å². The number of carbonyl (C=O) groups is 2. The van der Waals surface area contributed by atoms with E-state index in [-0.39, 0.29) is 30.9 Å². The van der Waals surface area contributed by atoms with Gasteiger partial charge in [0, 0.05) is 12.5 Å². The van der Waals surface area contributed by atoms with E-state index in [0.29, 0.717) is 22.6 Å². The van der Waals surface area contributed by atoms with Gasteiger partial charge in [0.05, 0.1) is 0 Å². The lowest BCUT2D eigenvalue weighted by Crippen LogP contribution is -2.09. The molecule has 7 nitrogen and oxygen atoms in total. The summed E-state index contributed by atoms with van der Waals surface area (Å²) >= 11 is 0. The molecule has 0 radical (unpaired) electrons. The maximum absolute atomic E-state index is 14.3. The highest BCUT2D eigenvalue weighted by Crippen LogP contribution is 2.29. The molecule has 32 heavy (non-hydrogen) atoms. The molecule has 0 aliphatic rings. The Morgan fingerprint density at radius 1 is 0.781 bits per heavy atom. The van der Waals surface area contributed by atoms with E-state index in [1.165, 1.54) is 12.1 Å². The molecule has 0 aliphatic carbocycles. The first-order valence-corrected chi connectivity index (χ1v) is 9.73. The van der Waals surface area contributed by atoms with Crippen molar-refractivity contribution in [2.75, 3.05) is 6.61 Å². The summed E-state index contributed by atoms with van der Waals surface area (Å²) in [6, 6.07) is 18.1. The van der Waals surface area contributed by atoms with Crippen molar-refractivity contribution < 1.29 is 38.4 Å². The summed E-state index contributed by atoms with van der Waals surface area (Å²) in [6.45, 7) is -0.553. The molecule has 2 N–H and O–H groups in total. The van der Waals surface area contributed by atoms with Crippen molar-refractivity contribution in [3.8, 4) is 23.0 Å². The Balaban J connectivity index is 1.74. The average Bonchev–Trinajstić information content (AvgIpc) is 2.76. The normalized spacial score (nSPS) is 10.4. The molecule has 0 saturated carbocycles. The van der Waals surface area contributed by atoms with Crippen LogP contribution in [0.5, 0.6) is 23.0 Å². The van der Waals surface area contributed by atoms with Crippen molar-refractivity contribution in [1.29, 1.82) is 0 Å². The third-order valence-electron chi connectivity index (χ3n) is 4.30. The number of carboxylic acid groups (broad SMARTS) is 2. The molecule has 8 heteroatoms. The summed E-state index contributed by atoms with van der Waals surface area (Å²) in [6.07, 6.45) is 0.128. The smallest absolute Gasteiger partial charge is 0.341 e. The van der Waals surface area contributed by atoms with Crippen LogP contribution in [0.4, 0.5) is 4.39 Å². The van der Waals surface area contributed by atoms with Crippen molar-refractivity contribution >= 4 is 11.9 Å². The second-order valence-electron chi connectivity index (χ2n) is 6.86. The summed E-state index contributed by atoms with van der Waals surface area (Å²) in [4.78, 5) is 21.5. The van der Waals surface area contributed by atoms with E-state index >= 15 is 0 Å². The molecule has 0 aromatic heterocycles. The first kappa shape index (κ1) is 22.6. The van der Waals surface area contributed by atoms with Crippen molar-refractivity contribution in [3.63, 3.8) is 0 Å². The molecule has 0 aliphatic heterocycles. The SMILES string of the molecule is O=C(O)CCc1ccc(OCc2cc(OCC(=O)O)cc(Oc3ccccc3)c2)c(F)c1. The topological polar surface area (TPSA) is 102 Å². The standard InChI is InChI=1S/C24H21FO7/c25-21-12-16(7-9-23(26)27)6-8-22(21)31-14-17-10-19(30-15-24(28)29)13-20(11-17)32-18-4-2-1-3-5-18/h1-6,8,10-13H,7,9,14-15H2,(H,26,27)(H,28,29). The zero-order valence-electron chi connectivity index (χ0n) is 17.0. The van der Waals surface area contributed by atoms with Crippen molar-refractivity contribution in [2.24, 2.45) is 0 Å². The quantitative estimate of drug-likeness (QED) is 0.446. The van der Waals surface area contributed by atoms with Crippen LogP contribution in [0.15, 0.2) is 66.7 Å². The zero-order valence-corrected chi connectivity index (χ0v) is 17.0. The minimum absolute atomic E-state index is 0.00598. The third-order valence-corrected chi connectivity index (χ3v) is 4.30. The van der Waals surface area contributed by atoms with Gasteiger partial charge in [-0.1, -0.05) is 24.3 Å². The first-order valence-electron chi connectivity index (χ1n) is 9.73. The Kier molecular flexibility index (Phi) is 7.64. The Labute approximate surface area is 183 Å². The number of halogens is 1. The minimum atomic E-state index is -1.12. The number of aryl methyl sites for hydroxylation is 1. The molecule has 3 aromatic rings. The molecule has 0 spiro atoms. The van der Waals surface area contributed by atoms with Crippen LogP contribution in [0.3, 0.4) is 0 Å². The van der Waals surface area contributed by atoms with E-state index in [9.17, 15) is 14.0 Å². The Morgan fingerprint density at radius 2 is 1.53 bits per heavy atom. The van der Waals surface area contributed by atoms with Crippen LogP contribution < -0.4 is 14.2 Å². The molecule has 0 unspecified atom stereocenters. The number of para-hydroxylation sites is 1.